The van der Waals surface area contributed by atoms with E-state index in [1.807, 2.05) is 0 Å². The van der Waals surface area contributed by atoms with Gasteiger partial charge in [0.2, 0.25) is 0 Å². The summed E-state index contributed by atoms with van der Waals surface area (Å²) in [5.74, 6) is 0.202. The predicted octanol–water partition coefficient (Wildman–Crippen LogP) is 1.24. The number of hydrogen-bond donors (Lipinski definition) is 2. The van der Waals surface area contributed by atoms with E-state index in [0.717, 1.165) is 30.3 Å². The van der Waals surface area contributed by atoms with Gasteiger partial charge in [-0.3, -0.25) is 9.36 Å². The van der Waals surface area contributed by atoms with Gasteiger partial charge in [0, 0.05) is 0 Å². The zero-order chi connectivity index (χ0) is 14.1. The van der Waals surface area contributed by atoms with E-state index >= 15 is 0 Å². The molecule has 0 amide bonds. The third-order valence-electron chi connectivity index (χ3n) is 4.20. The topological polar surface area (TPSA) is 75.1 Å². The van der Waals surface area contributed by atoms with Crippen LogP contribution in [0.25, 0.3) is 10.9 Å². The van der Waals surface area contributed by atoms with Gasteiger partial charge in [-0.15, -0.1) is 0 Å². The van der Waals surface area contributed by atoms with Gasteiger partial charge in [0.25, 0.3) is 5.56 Å². The van der Waals surface area contributed by atoms with Crippen molar-refractivity contribution in [1.82, 2.24) is 9.55 Å². The first-order valence-corrected chi connectivity index (χ1v) is 7.07. The summed E-state index contributed by atoms with van der Waals surface area (Å²) in [5.41, 5.74) is -0.249. The highest BCUT2D eigenvalue weighted by atomic mass is 16.3. The quantitative estimate of drug-likeness (QED) is 0.884. The van der Waals surface area contributed by atoms with Crippen molar-refractivity contribution in [3.8, 4) is 0 Å². The minimum atomic E-state index is -0.627. The lowest BCUT2D eigenvalue weighted by molar-refractivity contribution is 0.0908. The number of para-hydroxylation sites is 1. The minimum absolute atomic E-state index is 0.0731. The first-order valence-electron chi connectivity index (χ1n) is 7.07. The Hall–Kier alpha value is -1.88. The Morgan fingerprint density at radius 1 is 1.25 bits per heavy atom. The number of aliphatic hydroxyl groups excluding tert-OH is 1. The Morgan fingerprint density at radius 2 is 1.95 bits per heavy atom. The number of aliphatic hydroxyl groups is 1. The summed E-state index contributed by atoms with van der Waals surface area (Å²) in [4.78, 5) is 27.0. The SMILES string of the molecule is O=c1[nH]c2ccccc2c(=O)n1CC(O)C1CCCC1. The van der Waals surface area contributed by atoms with Gasteiger partial charge in [0.1, 0.15) is 0 Å². The molecule has 0 spiro atoms. The number of aromatic amines is 1. The van der Waals surface area contributed by atoms with Crippen molar-refractivity contribution in [1.29, 1.82) is 0 Å². The van der Waals surface area contributed by atoms with Crippen molar-refractivity contribution in [2.24, 2.45) is 5.92 Å². The molecule has 1 saturated carbocycles. The van der Waals surface area contributed by atoms with Crippen molar-refractivity contribution in [3.05, 3.63) is 45.1 Å². The van der Waals surface area contributed by atoms with Gasteiger partial charge in [0.15, 0.2) is 0 Å². The Kier molecular flexibility index (Phi) is 3.44. The number of nitrogens with zero attached hydrogens (tertiary/aromatic N) is 1. The molecule has 2 aromatic rings. The van der Waals surface area contributed by atoms with Crippen LogP contribution in [-0.4, -0.2) is 20.8 Å². The molecule has 0 aliphatic heterocycles. The Balaban J connectivity index is 1.99. The third kappa shape index (κ3) is 2.29. The number of benzene rings is 1. The smallest absolute Gasteiger partial charge is 0.328 e. The summed E-state index contributed by atoms with van der Waals surface area (Å²) in [6, 6.07) is 6.93. The van der Waals surface area contributed by atoms with Crippen molar-refractivity contribution in [3.63, 3.8) is 0 Å². The molecular weight excluding hydrogens is 256 g/mol. The van der Waals surface area contributed by atoms with Gasteiger partial charge in [0.05, 0.1) is 23.6 Å². The minimum Gasteiger partial charge on any atom is -0.391 e. The molecule has 1 aliphatic rings. The molecule has 1 heterocycles. The van der Waals surface area contributed by atoms with Gasteiger partial charge in [-0.2, -0.15) is 0 Å². The molecule has 20 heavy (non-hydrogen) atoms. The van der Waals surface area contributed by atoms with Crippen LogP contribution >= 0.6 is 0 Å². The van der Waals surface area contributed by atoms with E-state index in [0.29, 0.717) is 10.9 Å². The van der Waals surface area contributed by atoms with E-state index in [2.05, 4.69) is 4.98 Å². The molecule has 0 bridgehead atoms. The van der Waals surface area contributed by atoms with Crippen molar-refractivity contribution in [2.45, 2.75) is 38.3 Å². The summed E-state index contributed by atoms with van der Waals surface area (Å²) in [6.45, 7) is 0.0731. The van der Waals surface area contributed by atoms with Crippen LogP contribution in [0.5, 0.6) is 0 Å². The molecule has 2 N–H and O–H groups in total. The Morgan fingerprint density at radius 3 is 2.70 bits per heavy atom. The van der Waals surface area contributed by atoms with E-state index in [1.54, 1.807) is 24.3 Å². The molecule has 5 heteroatoms. The van der Waals surface area contributed by atoms with E-state index in [4.69, 9.17) is 0 Å². The lowest BCUT2D eigenvalue weighted by Crippen LogP contribution is -2.40. The fourth-order valence-electron chi connectivity index (χ4n) is 3.04. The van der Waals surface area contributed by atoms with Gasteiger partial charge < -0.3 is 10.1 Å². The number of nitrogens with one attached hydrogen (secondary N) is 1. The van der Waals surface area contributed by atoms with Crippen LogP contribution in [0.3, 0.4) is 0 Å². The maximum Gasteiger partial charge on any atom is 0.328 e. The first-order chi connectivity index (χ1) is 9.66. The standard InChI is InChI=1S/C15H18N2O3/c18-13(10-5-1-2-6-10)9-17-14(19)11-7-3-4-8-12(11)16-15(17)20/h3-4,7-8,10,13,18H,1-2,5-6,9H2,(H,16,20). The molecule has 1 aliphatic carbocycles. The van der Waals surface area contributed by atoms with Gasteiger partial charge in [-0.05, 0) is 30.9 Å². The van der Waals surface area contributed by atoms with E-state index in [1.165, 1.54) is 0 Å². The van der Waals surface area contributed by atoms with Crippen molar-refractivity contribution in [2.75, 3.05) is 0 Å². The highest BCUT2D eigenvalue weighted by molar-refractivity contribution is 5.76. The summed E-state index contributed by atoms with van der Waals surface area (Å²) in [6.07, 6.45) is 3.55. The number of aromatic nitrogens is 2. The fraction of sp³-hybridized carbons (Fsp3) is 0.467. The zero-order valence-corrected chi connectivity index (χ0v) is 11.2. The molecule has 3 rings (SSSR count). The van der Waals surface area contributed by atoms with Gasteiger partial charge in [-0.1, -0.05) is 25.0 Å². The zero-order valence-electron chi connectivity index (χ0n) is 11.2. The first kappa shape index (κ1) is 13.1. The van der Waals surface area contributed by atoms with E-state index in [9.17, 15) is 14.7 Å². The second kappa shape index (κ2) is 5.25. The average Bonchev–Trinajstić information content (AvgIpc) is 2.97. The van der Waals surface area contributed by atoms with Crippen LogP contribution in [0.4, 0.5) is 0 Å². The lowest BCUT2D eigenvalue weighted by atomic mass is 10.0. The molecule has 1 aromatic heterocycles. The second-order valence-corrected chi connectivity index (χ2v) is 5.50. The van der Waals surface area contributed by atoms with Gasteiger partial charge in [-0.25, -0.2) is 4.79 Å². The molecule has 1 fully saturated rings. The highest BCUT2D eigenvalue weighted by Crippen LogP contribution is 2.28. The molecule has 0 radical (unpaired) electrons. The molecule has 1 aromatic carbocycles. The van der Waals surface area contributed by atoms with E-state index in [-0.39, 0.29) is 18.0 Å². The number of hydrogen-bond acceptors (Lipinski definition) is 3. The maximum absolute atomic E-state index is 12.3. The molecule has 0 saturated heterocycles. The normalized spacial score (nSPS) is 17.6. The van der Waals surface area contributed by atoms with Crippen LogP contribution in [0.1, 0.15) is 25.7 Å². The highest BCUT2D eigenvalue weighted by Gasteiger charge is 2.24. The maximum atomic E-state index is 12.3. The third-order valence-corrected chi connectivity index (χ3v) is 4.20. The number of fused-ring (bicyclic) bond motifs is 1. The van der Waals surface area contributed by atoms with Crippen LogP contribution in [-0.2, 0) is 6.54 Å². The fourth-order valence-corrected chi connectivity index (χ4v) is 3.04. The van der Waals surface area contributed by atoms with E-state index < -0.39 is 11.8 Å². The van der Waals surface area contributed by atoms with Gasteiger partial charge >= 0.3 is 5.69 Å². The van der Waals surface area contributed by atoms with Crippen LogP contribution in [0, 0.1) is 5.92 Å². The largest absolute Gasteiger partial charge is 0.391 e. The number of rotatable bonds is 3. The molecule has 1 unspecified atom stereocenters. The van der Waals surface area contributed by atoms with Crippen molar-refractivity contribution < 1.29 is 5.11 Å². The van der Waals surface area contributed by atoms with Crippen molar-refractivity contribution >= 4 is 10.9 Å². The Labute approximate surface area is 115 Å². The summed E-state index contributed by atoms with van der Waals surface area (Å²) in [7, 11) is 0. The monoisotopic (exact) mass is 274 g/mol. The predicted molar refractivity (Wildman–Crippen MR) is 76.8 cm³/mol. The molecular formula is C15H18N2O3. The lowest BCUT2D eigenvalue weighted by Gasteiger charge is -2.18. The number of H-pyrrole nitrogens is 1. The van der Waals surface area contributed by atoms with Crippen LogP contribution in [0.2, 0.25) is 0 Å². The summed E-state index contributed by atoms with van der Waals surface area (Å²) in [5, 5.41) is 10.7. The molecule has 1 atom stereocenters. The Bertz CT molecular complexity index is 726. The molecule has 106 valence electrons. The molecule has 5 nitrogen and oxygen atoms in total. The van der Waals surface area contributed by atoms with Crippen LogP contribution in [0.15, 0.2) is 33.9 Å². The summed E-state index contributed by atoms with van der Waals surface area (Å²) < 4.78 is 1.12. The van der Waals surface area contributed by atoms with Crippen LogP contribution < -0.4 is 11.2 Å². The summed E-state index contributed by atoms with van der Waals surface area (Å²) >= 11 is 0. The average molecular weight is 274 g/mol. The second-order valence-electron chi connectivity index (χ2n) is 5.50.